The molecule has 0 N–H and O–H groups in total. The fraction of sp³-hybridized carbons (Fsp3) is 0.348. The minimum atomic E-state index is -4.49. The van der Waals surface area contributed by atoms with E-state index in [4.69, 9.17) is 4.74 Å². The molecule has 1 aliphatic heterocycles. The summed E-state index contributed by atoms with van der Waals surface area (Å²) in [7, 11) is 3.56. The van der Waals surface area contributed by atoms with Crippen LogP contribution in [-0.2, 0) is 11.0 Å². The van der Waals surface area contributed by atoms with E-state index in [1.165, 1.54) is 6.07 Å². The molecule has 7 nitrogen and oxygen atoms in total. The van der Waals surface area contributed by atoms with E-state index in [0.717, 1.165) is 37.0 Å². The van der Waals surface area contributed by atoms with Crippen LogP contribution in [0.25, 0.3) is 17.1 Å². The third-order valence-electron chi connectivity index (χ3n) is 5.59. The highest BCUT2D eigenvalue weighted by Crippen LogP contribution is 2.33. The second-order valence-corrected chi connectivity index (χ2v) is 8.83. The number of piperazine rings is 1. The molecule has 0 bridgehead atoms. The molecule has 2 aromatic carbocycles. The van der Waals surface area contributed by atoms with Gasteiger partial charge in [0.15, 0.2) is 11.0 Å². The Bertz CT molecular complexity index is 1140. The summed E-state index contributed by atoms with van der Waals surface area (Å²) in [6, 6.07) is 12.0. The first-order valence-electron chi connectivity index (χ1n) is 10.6. The average Bonchev–Trinajstić information content (AvgIpc) is 3.26. The van der Waals surface area contributed by atoms with Crippen molar-refractivity contribution in [1.29, 1.82) is 0 Å². The Labute approximate surface area is 199 Å². The molecule has 1 aliphatic rings. The van der Waals surface area contributed by atoms with Crippen molar-refractivity contribution in [3.05, 3.63) is 54.1 Å². The van der Waals surface area contributed by atoms with E-state index in [1.54, 1.807) is 46.9 Å². The van der Waals surface area contributed by atoms with Gasteiger partial charge in [0.25, 0.3) is 0 Å². The highest BCUT2D eigenvalue weighted by atomic mass is 32.2. The third kappa shape index (κ3) is 5.36. The van der Waals surface area contributed by atoms with Gasteiger partial charge in [-0.2, -0.15) is 13.2 Å². The predicted molar refractivity (Wildman–Crippen MR) is 123 cm³/mol. The van der Waals surface area contributed by atoms with Gasteiger partial charge >= 0.3 is 6.18 Å². The molecular weight excluding hydrogens is 467 g/mol. The molecule has 4 rings (SSSR count). The lowest BCUT2D eigenvalue weighted by molar-refractivity contribution is -0.137. The van der Waals surface area contributed by atoms with Gasteiger partial charge in [-0.3, -0.25) is 9.36 Å². The van der Waals surface area contributed by atoms with Crippen LogP contribution >= 0.6 is 11.8 Å². The molecule has 0 saturated carbocycles. The molecule has 0 spiro atoms. The van der Waals surface area contributed by atoms with Crippen molar-refractivity contribution in [3.8, 4) is 22.8 Å². The number of likely N-dealkylation sites (N-methyl/N-ethyl adjacent to an activating group) is 1. The molecule has 1 aromatic heterocycles. The molecule has 0 aliphatic carbocycles. The van der Waals surface area contributed by atoms with Crippen LogP contribution in [0.5, 0.6) is 5.75 Å². The van der Waals surface area contributed by atoms with E-state index in [0.29, 0.717) is 35.4 Å². The van der Waals surface area contributed by atoms with E-state index < -0.39 is 11.7 Å². The van der Waals surface area contributed by atoms with Crippen LogP contribution in [0.4, 0.5) is 13.2 Å². The normalized spacial score (nSPS) is 14.9. The van der Waals surface area contributed by atoms with Crippen LogP contribution in [0.2, 0.25) is 0 Å². The Kier molecular flexibility index (Phi) is 7.13. The molecule has 2 heterocycles. The second-order valence-electron chi connectivity index (χ2n) is 7.89. The zero-order valence-electron chi connectivity index (χ0n) is 18.7. The van der Waals surface area contributed by atoms with Crippen molar-refractivity contribution < 1.29 is 22.7 Å². The molecule has 1 fully saturated rings. The van der Waals surface area contributed by atoms with Gasteiger partial charge < -0.3 is 14.5 Å². The third-order valence-corrected chi connectivity index (χ3v) is 6.51. The van der Waals surface area contributed by atoms with Gasteiger partial charge in [-0.25, -0.2) is 0 Å². The van der Waals surface area contributed by atoms with Crippen LogP contribution in [0.15, 0.2) is 53.7 Å². The number of carbonyl (C=O) groups excluding carboxylic acids is 1. The topological polar surface area (TPSA) is 63.5 Å². The zero-order valence-corrected chi connectivity index (χ0v) is 19.6. The lowest BCUT2D eigenvalue weighted by Crippen LogP contribution is -2.47. The minimum absolute atomic E-state index is 0.0392. The molecular formula is C23H24F3N5O2S. The Hall–Kier alpha value is -3.05. The largest absolute Gasteiger partial charge is 0.497 e. The number of halogens is 3. The number of hydrogen-bond donors (Lipinski definition) is 0. The van der Waals surface area contributed by atoms with Gasteiger partial charge in [0.05, 0.1) is 24.1 Å². The van der Waals surface area contributed by atoms with Crippen molar-refractivity contribution in [2.24, 2.45) is 0 Å². The highest BCUT2D eigenvalue weighted by Gasteiger charge is 2.31. The van der Waals surface area contributed by atoms with Crippen molar-refractivity contribution in [1.82, 2.24) is 24.6 Å². The summed E-state index contributed by atoms with van der Waals surface area (Å²) >= 11 is 1.16. The Morgan fingerprint density at radius 1 is 1.06 bits per heavy atom. The van der Waals surface area contributed by atoms with Crippen LogP contribution in [-0.4, -0.2) is 76.6 Å². The van der Waals surface area contributed by atoms with Crippen molar-refractivity contribution in [2.45, 2.75) is 11.3 Å². The van der Waals surface area contributed by atoms with E-state index in [1.807, 2.05) is 7.05 Å². The number of amides is 1. The molecule has 0 radical (unpaired) electrons. The van der Waals surface area contributed by atoms with Gasteiger partial charge in [-0.15, -0.1) is 10.2 Å². The van der Waals surface area contributed by atoms with Crippen LogP contribution < -0.4 is 4.74 Å². The Balaban J connectivity index is 1.66. The molecule has 11 heteroatoms. The Morgan fingerprint density at radius 3 is 2.41 bits per heavy atom. The standard InChI is InChI=1S/C23H24F3N5O2S/c1-29-10-12-30(13-11-29)20(32)15-34-22-28-27-21(16-6-8-19(33-2)9-7-16)31(22)18-5-3-4-17(14-18)23(24,25)26/h3-9,14H,10-13,15H2,1-2H3. The fourth-order valence-corrected chi connectivity index (χ4v) is 4.47. The first-order chi connectivity index (χ1) is 16.3. The molecule has 34 heavy (non-hydrogen) atoms. The second kappa shape index (κ2) is 10.1. The fourth-order valence-electron chi connectivity index (χ4n) is 3.62. The average molecular weight is 492 g/mol. The summed E-state index contributed by atoms with van der Waals surface area (Å²) in [6.07, 6.45) is -4.49. The Morgan fingerprint density at radius 2 is 1.76 bits per heavy atom. The minimum Gasteiger partial charge on any atom is -0.497 e. The predicted octanol–water partition coefficient (Wildman–Crippen LogP) is 3.83. The van der Waals surface area contributed by atoms with Gasteiger partial charge in [0.2, 0.25) is 5.91 Å². The molecule has 180 valence electrons. The summed E-state index contributed by atoms with van der Waals surface area (Å²) in [5.41, 5.74) is 0.145. The van der Waals surface area contributed by atoms with Crippen molar-refractivity contribution >= 4 is 17.7 Å². The van der Waals surface area contributed by atoms with Gasteiger partial charge in [-0.05, 0) is 49.5 Å². The van der Waals surface area contributed by atoms with Crippen LogP contribution in [0.1, 0.15) is 5.56 Å². The van der Waals surface area contributed by atoms with Crippen molar-refractivity contribution in [2.75, 3.05) is 46.1 Å². The lowest BCUT2D eigenvalue weighted by atomic mass is 10.1. The summed E-state index contributed by atoms with van der Waals surface area (Å²) in [5.74, 6) is 1.09. The van der Waals surface area contributed by atoms with E-state index in [-0.39, 0.29) is 17.3 Å². The SMILES string of the molecule is COc1ccc(-c2nnc(SCC(=O)N3CCN(C)CC3)n2-c2cccc(C(F)(F)F)c2)cc1. The van der Waals surface area contributed by atoms with E-state index >= 15 is 0 Å². The number of methoxy groups -OCH3 is 1. The maximum absolute atomic E-state index is 13.4. The van der Waals surface area contributed by atoms with E-state index in [9.17, 15) is 18.0 Å². The van der Waals surface area contributed by atoms with Gasteiger partial charge in [0, 0.05) is 31.7 Å². The number of aromatic nitrogens is 3. The number of rotatable bonds is 6. The number of nitrogens with zero attached hydrogens (tertiary/aromatic N) is 5. The molecule has 1 amide bonds. The summed E-state index contributed by atoms with van der Waals surface area (Å²) in [6.45, 7) is 2.90. The number of ether oxygens (including phenoxy) is 1. The number of benzene rings is 2. The van der Waals surface area contributed by atoms with Gasteiger partial charge in [0.1, 0.15) is 5.75 Å². The quantitative estimate of drug-likeness (QED) is 0.489. The summed E-state index contributed by atoms with van der Waals surface area (Å²) < 4.78 is 46.9. The number of alkyl halides is 3. The highest BCUT2D eigenvalue weighted by molar-refractivity contribution is 7.99. The van der Waals surface area contributed by atoms with Crippen LogP contribution in [0.3, 0.4) is 0 Å². The smallest absolute Gasteiger partial charge is 0.416 e. The first-order valence-corrected chi connectivity index (χ1v) is 11.6. The van der Waals surface area contributed by atoms with Crippen LogP contribution in [0, 0.1) is 0 Å². The summed E-state index contributed by atoms with van der Waals surface area (Å²) in [4.78, 5) is 16.7. The van der Waals surface area contributed by atoms with Gasteiger partial charge in [-0.1, -0.05) is 17.8 Å². The maximum Gasteiger partial charge on any atom is 0.416 e. The zero-order chi connectivity index (χ0) is 24.3. The molecule has 0 unspecified atom stereocenters. The number of hydrogen-bond acceptors (Lipinski definition) is 6. The molecule has 1 saturated heterocycles. The first kappa shape index (κ1) is 24.1. The van der Waals surface area contributed by atoms with E-state index in [2.05, 4.69) is 15.1 Å². The van der Waals surface area contributed by atoms with Crippen molar-refractivity contribution in [3.63, 3.8) is 0 Å². The molecule has 0 atom stereocenters. The summed E-state index contributed by atoms with van der Waals surface area (Å²) in [5, 5.41) is 8.81. The maximum atomic E-state index is 13.4. The number of carbonyl (C=O) groups is 1. The lowest BCUT2D eigenvalue weighted by Gasteiger charge is -2.32. The monoisotopic (exact) mass is 491 g/mol. The molecule has 3 aromatic rings. The number of thioether (sulfide) groups is 1.